The summed E-state index contributed by atoms with van der Waals surface area (Å²) in [4.78, 5) is 36.9. The van der Waals surface area contributed by atoms with E-state index in [2.05, 4.69) is 0 Å². The Balaban J connectivity index is 1.85. The lowest BCUT2D eigenvalue weighted by Crippen LogP contribution is -2.34. The minimum absolute atomic E-state index is 0.0834. The fourth-order valence-corrected chi connectivity index (χ4v) is 5.33. The number of carbonyl (C=O) groups is 3. The Morgan fingerprint density at radius 1 is 1.21 bits per heavy atom. The highest BCUT2D eigenvalue weighted by Gasteiger charge is 2.34. The first-order chi connectivity index (χ1) is 11.2. The molecule has 3 rings (SSSR count). The summed E-state index contributed by atoms with van der Waals surface area (Å²) < 4.78 is 25.3. The number of aryl methyl sites for hydroxylation is 1. The van der Waals surface area contributed by atoms with Crippen molar-refractivity contribution in [2.75, 3.05) is 18.1 Å². The van der Waals surface area contributed by atoms with E-state index in [9.17, 15) is 22.8 Å². The summed E-state index contributed by atoms with van der Waals surface area (Å²) in [6, 6.07) is 1.56. The van der Waals surface area contributed by atoms with Crippen LogP contribution < -0.4 is 0 Å². The zero-order valence-corrected chi connectivity index (χ0v) is 14.6. The molecular weight excluding hydrogens is 332 g/mol. The van der Waals surface area contributed by atoms with E-state index in [0.717, 1.165) is 10.6 Å². The van der Waals surface area contributed by atoms with Crippen molar-refractivity contribution in [1.82, 2.24) is 9.47 Å². The molecule has 8 heteroatoms. The molecule has 24 heavy (non-hydrogen) atoms. The summed E-state index contributed by atoms with van der Waals surface area (Å²) >= 11 is 0. The molecule has 2 saturated heterocycles. The molecule has 0 aromatic carbocycles. The molecule has 0 aliphatic carbocycles. The maximum atomic E-state index is 12.5. The van der Waals surface area contributed by atoms with Crippen molar-refractivity contribution in [2.24, 2.45) is 0 Å². The Bertz CT molecular complexity index is 821. The number of hydrogen-bond donors (Lipinski definition) is 0. The van der Waals surface area contributed by atoms with E-state index in [1.165, 1.54) is 0 Å². The van der Waals surface area contributed by atoms with Gasteiger partial charge in [0, 0.05) is 35.8 Å². The number of carbonyl (C=O) groups excluding carboxylic acids is 3. The number of imide groups is 1. The van der Waals surface area contributed by atoms with Crippen LogP contribution in [0.15, 0.2) is 6.07 Å². The van der Waals surface area contributed by atoms with Crippen molar-refractivity contribution in [1.29, 1.82) is 0 Å². The van der Waals surface area contributed by atoms with Crippen molar-refractivity contribution < 1.29 is 22.8 Å². The second kappa shape index (κ2) is 5.84. The number of nitrogens with zero attached hydrogens (tertiary/aromatic N) is 2. The van der Waals surface area contributed by atoms with Crippen LogP contribution in [0.5, 0.6) is 0 Å². The van der Waals surface area contributed by atoms with Crippen molar-refractivity contribution >= 4 is 27.4 Å². The number of sulfone groups is 1. The molecule has 2 amide bonds. The molecule has 1 aromatic rings. The number of ketones is 1. The largest absolute Gasteiger partial charge is 0.344 e. The number of Topliss-reactive ketones (excluding diaryl/α,β-unsaturated/α-hetero) is 1. The molecule has 1 atom stereocenters. The van der Waals surface area contributed by atoms with Gasteiger partial charge in [0.15, 0.2) is 15.6 Å². The Labute approximate surface area is 140 Å². The molecule has 130 valence electrons. The highest BCUT2D eigenvalue weighted by molar-refractivity contribution is 7.91. The van der Waals surface area contributed by atoms with Crippen LogP contribution in [0.3, 0.4) is 0 Å². The monoisotopic (exact) mass is 352 g/mol. The van der Waals surface area contributed by atoms with E-state index in [1.807, 2.05) is 11.5 Å². The van der Waals surface area contributed by atoms with E-state index < -0.39 is 9.84 Å². The molecular formula is C16H20N2O5S. The lowest BCUT2D eigenvalue weighted by molar-refractivity contribution is -0.137. The van der Waals surface area contributed by atoms with Gasteiger partial charge in [0.2, 0.25) is 11.8 Å². The van der Waals surface area contributed by atoms with Crippen LogP contribution in [0.2, 0.25) is 0 Å². The van der Waals surface area contributed by atoms with Crippen molar-refractivity contribution in [3.05, 3.63) is 23.0 Å². The fraction of sp³-hybridized carbons (Fsp3) is 0.562. The predicted octanol–water partition coefficient (Wildman–Crippen LogP) is 0.796. The predicted molar refractivity (Wildman–Crippen MR) is 86.5 cm³/mol. The zero-order chi connectivity index (χ0) is 17.6. The third-order valence-corrected chi connectivity index (χ3v) is 6.57. The van der Waals surface area contributed by atoms with E-state index in [1.54, 1.807) is 13.0 Å². The van der Waals surface area contributed by atoms with Crippen molar-refractivity contribution in [3.63, 3.8) is 0 Å². The van der Waals surface area contributed by atoms with Crippen LogP contribution in [0.1, 0.15) is 47.1 Å². The molecule has 1 aromatic heterocycles. The first kappa shape index (κ1) is 16.9. The Kier molecular flexibility index (Phi) is 4.11. The summed E-state index contributed by atoms with van der Waals surface area (Å²) in [6.07, 6.45) is 0.853. The number of amides is 2. The maximum absolute atomic E-state index is 12.5. The van der Waals surface area contributed by atoms with Gasteiger partial charge in [0.1, 0.15) is 0 Å². The highest BCUT2D eigenvalue weighted by Crippen LogP contribution is 2.29. The summed E-state index contributed by atoms with van der Waals surface area (Å²) in [6.45, 7) is 3.37. The summed E-state index contributed by atoms with van der Waals surface area (Å²) in [7, 11) is -3.02. The van der Waals surface area contributed by atoms with Crippen LogP contribution in [-0.2, 0) is 19.4 Å². The first-order valence-electron chi connectivity index (χ1n) is 7.95. The zero-order valence-electron chi connectivity index (χ0n) is 13.7. The molecule has 7 nitrogen and oxygen atoms in total. The Hall–Kier alpha value is -1.96. The number of aromatic nitrogens is 1. The van der Waals surface area contributed by atoms with Crippen LogP contribution >= 0.6 is 0 Å². The number of likely N-dealkylation sites (tertiary alicyclic amines) is 1. The minimum atomic E-state index is -3.02. The SMILES string of the molecule is Cc1cc(C(=O)CN2C(=O)CCC2=O)c(C)n1[C@H]1CCS(=O)(=O)C1. The standard InChI is InChI=1S/C16H20N2O5S/c1-10-7-13(14(19)8-17-15(20)3-4-16(17)21)11(2)18(10)12-5-6-24(22,23)9-12/h7,12H,3-6,8-9H2,1-2H3/t12-/m0/s1. The van der Waals surface area contributed by atoms with E-state index in [4.69, 9.17) is 0 Å². The maximum Gasteiger partial charge on any atom is 0.230 e. The van der Waals surface area contributed by atoms with Crippen LogP contribution in [0.4, 0.5) is 0 Å². The van der Waals surface area contributed by atoms with E-state index in [0.29, 0.717) is 17.7 Å². The second-order valence-corrected chi connectivity index (χ2v) is 8.74. The van der Waals surface area contributed by atoms with Crippen molar-refractivity contribution in [3.8, 4) is 0 Å². The Morgan fingerprint density at radius 3 is 2.38 bits per heavy atom. The minimum Gasteiger partial charge on any atom is -0.344 e. The molecule has 0 radical (unpaired) electrons. The van der Waals surface area contributed by atoms with E-state index in [-0.39, 0.29) is 54.5 Å². The number of rotatable bonds is 4. The molecule has 0 bridgehead atoms. The average Bonchev–Trinajstić information content (AvgIpc) is 3.10. The second-order valence-electron chi connectivity index (χ2n) is 6.51. The summed E-state index contributed by atoms with van der Waals surface area (Å²) in [5.74, 6) is -0.679. The lowest BCUT2D eigenvalue weighted by atomic mass is 10.1. The van der Waals surface area contributed by atoms with Gasteiger partial charge in [0.25, 0.3) is 0 Å². The fourth-order valence-electron chi connectivity index (χ4n) is 3.63. The van der Waals surface area contributed by atoms with Gasteiger partial charge in [-0.15, -0.1) is 0 Å². The quantitative estimate of drug-likeness (QED) is 0.590. The highest BCUT2D eigenvalue weighted by atomic mass is 32.2. The summed E-state index contributed by atoms with van der Waals surface area (Å²) in [5.41, 5.74) is 1.96. The molecule has 0 unspecified atom stereocenters. The number of hydrogen-bond acceptors (Lipinski definition) is 5. The van der Waals surface area contributed by atoms with Gasteiger partial charge in [-0.3, -0.25) is 19.3 Å². The van der Waals surface area contributed by atoms with Gasteiger partial charge in [-0.2, -0.15) is 0 Å². The molecule has 2 aliphatic heterocycles. The van der Waals surface area contributed by atoms with Crippen LogP contribution in [-0.4, -0.2) is 53.5 Å². The third-order valence-electron chi connectivity index (χ3n) is 4.81. The molecule has 0 saturated carbocycles. The average molecular weight is 352 g/mol. The van der Waals surface area contributed by atoms with Gasteiger partial charge in [-0.25, -0.2) is 8.42 Å². The van der Waals surface area contributed by atoms with Gasteiger partial charge in [-0.1, -0.05) is 0 Å². The van der Waals surface area contributed by atoms with E-state index >= 15 is 0 Å². The Morgan fingerprint density at radius 2 is 1.83 bits per heavy atom. The molecule has 2 aliphatic rings. The van der Waals surface area contributed by atoms with Crippen LogP contribution in [0, 0.1) is 13.8 Å². The lowest BCUT2D eigenvalue weighted by Gasteiger charge is -2.17. The smallest absolute Gasteiger partial charge is 0.230 e. The molecule has 2 fully saturated rings. The van der Waals surface area contributed by atoms with Crippen molar-refractivity contribution in [2.45, 2.75) is 39.2 Å². The normalized spacial score (nSPS) is 23.2. The first-order valence-corrected chi connectivity index (χ1v) is 9.77. The van der Waals surface area contributed by atoms with Gasteiger partial charge in [-0.05, 0) is 26.3 Å². The van der Waals surface area contributed by atoms with Gasteiger partial charge >= 0.3 is 0 Å². The summed E-state index contributed by atoms with van der Waals surface area (Å²) in [5, 5.41) is 0. The van der Waals surface area contributed by atoms with Gasteiger partial charge in [0.05, 0.1) is 18.1 Å². The third kappa shape index (κ3) is 2.90. The van der Waals surface area contributed by atoms with Crippen LogP contribution in [0.25, 0.3) is 0 Å². The molecule has 3 heterocycles. The molecule has 0 N–H and O–H groups in total. The topological polar surface area (TPSA) is 93.5 Å². The molecule has 0 spiro atoms. The van der Waals surface area contributed by atoms with Gasteiger partial charge < -0.3 is 4.57 Å².